The van der Waals surface area contributed by atoms with Crippen LogP contribution in [0.1, 0.15) is 16.0 Å². The van der Waals surface area contributed by atoms with Gasteiger partial charge in [0.05, 0.1) is 10.6 Å². The van der Waals surface area contributed by atoms with Gasteiger partial charge >= 0.3 is 0 Å². The highest BCUT2D eigenvalue weighted by atomic mass is 32.2. The van der Waals surface area contributed by atoms with Crippen molar-refractivity contribution in [3.8, 4) is 0 Å². The third kappa shape index (κ3) is 4.09. The topological polar surface area (TPSA) is 48.5 Å². The summed E-state index contributed by atoms with van der Waals surface area (Å²) in [6, 6.07) is 20.1. The molecule has 4 aromatic rings. The van der Waals surface area contributed by atoms with Gasteiger partial charge in [-0.25, -0.2) is 4.99 Å². The van der Waals surface area contributed by atoms with Crippen molar-refractivity contribution in [2.24, 2.45) is 4.99 Å². The lowest BCUT2D eigenvalue weighted by molar-refractivity contribution is -0.122. The Kier molecular flexibility index (Phi) is 5.49. The number of hydrogen-bond donors (Lipinski definition) is 1. The minimum absolute atomic E-state index is 0.0207. The third-order valence-electron chi connectivity index (χ3n) is 5.31. The van der Waals surface area contributed by atoms with Gasteiger partial charge in [-0.2, -0.15) is 0 Å². The Bertz CT molecular complexity index is 1300. The number of amidine groups is 1. The van der Waals surface area contributed by atoms with Crippen LogP contribution in [-0.4, -0.2) is 27.5 Å². The molecule has 1 N–H and O–H groups in total. The van der Waals surface area contributed by atoms with Gasteiger partial charge in [0.1, 0.15) is 0 Å². The molecule has 2 aromatic heterocycles. The number of aryl methyl sites for hydroxylation is 1. The zero-order chi connectivity index (χ0) is 21.2. The number of aromatic amines is 1. The number of amides is 1. The molecule has 0 unspecified atom stereocenters. The molecule has 3 heterocycles. The monoisotopic (exact) mass is 443 g/mol. The molecule has 0 bridgehead atoms. The fourth-order valence-corrected chi connectivity index (χ4v) is 5.56. The lowest BCUT2D eigenvalue weighted by Crippen LogP contribution is -2.31. The average molecular weight is 444 g/mol. The van der Waals surface area contributed by atoms with Crippen molar-refractivity contribution in [1.82, 2.24) is 9.88 Å². The molecule has 1 saturated heterocycles. The molecule has 0 radical (unpaired) electrons. The van der Waals surface area contributed by atoms with E-state index in [0.29, 0.717) is 6.54 Å². The number of rotatable bonds is 5. The standard InChI is InChI=1S/C25H21N3OS2/c1-17-12-14-30-22(17)15-23-24(29)28(25(31-23)27-19-7-3-2-4-8-19)13-11-18-16-26-21-10-6-5-9-20(18)21/h2-10,12,14-16,26H,11,13H2,1H3/b23-15-,27-25?. The van der Waals surface area contributed by atoms with Gasteiger partial charge in [0.25, 0.3) is 5.91 Å². The predicted octanol–water partition coefficient (Wildman–Crippen LogP) is 6.38. The van der Waals surface area contributed by atoms with Crippen molar-refractivity contribution in [1.29, 1.82) is 0 Å². The van der Waals surface area contributed by atoms with Crippen LogP contribution in [-0.2, 0) is 11.2 Å². The minimum atomic E-state index is 0.0207. The number of hydrogen-bond acceptors (Lipinski definition) is 4. The van der Waals surface area contributed by atoms with Crippen molar-refractivity contribution in [2.75, 3.05) is 6.54 Å². The molecule has 1 amide bonds. The first-order valence-electron chi connectivity index (χ1n) is 10.1. The Morgan fingerprint density at radius 2 is 1.87 bits per heavy atom. The number of para-hydroxylation sites is 2. The Balaban J connectivity index is 1.46. The Morgan fingerprint density at radius 1 is 1.06 bits per heavy atom. The lowest BCUT2D eigenvalue weighted by Gasteiger charge is -2.15. The van der Waals surface area contributed by atoms with Crippen LogP contribution >= 0.6 is 23.1 Å². The second kappa shape index (κ2) is 8.57. The minimum Gasteiger partial charge on any atom is -0.361 e. The number of nitrogens with zero attached hydrogens (tertiary/aromatic N) is 2. The van der Waals surface area contributed by atoms with Crippen molar-refractivity contribution < 1.29 is 4.79 Å². The van der Waals surface area contributed by atoms with E-state index in [2.05, 4.69) is 35.5 Å². The maximum atomic E-state index is 13.3. The highest BCUT2D eigenvalue weighted by molar-refractivity contribution is 8.18. The maximum absolute atomic E-state index is 13.3. The molecule has 31 heavy (non-hydrogen) atoms. The van der Waals surface area contributed by atoms with E-state index in [1.54, 1.807) is 11.3 Å². The highest BCUT2D eigenvalue weighted by Gasteiger charge is 2.33. The van der Waals surface area contributed by atoms with Gasteiger partial charge < -0.3 is 4.98 Å². The van der Waals surface area contributed by atoms with E-state index in [9.17, 15) is 4.79 Å². The fraction of sp³-hybridized carbons (Fsp3) is 0.120. The number of benzene rings is 2. The first kappa shape index (κ1) is 19.8. The molecule has 2 aromatic carbocycles. The maximum Gasteiger partial charge on any atom is 0.266 e. The van der Waals surface area contributed by atoms with E-state index >= 15 is 0 Å². The van der Waals surface area contributed by atoms with E-state index in [-0.39, 0.29) is 5.91 Å². The van der Waals surface area contributed by atoms with Gasteiger partial charge in [-0.05, 0) is 72.0 Å². The molecule has 5 rings (SSSR count). The number of thiophene rings is 1. The van der Waals surface area contributed by atoms with Crippen molar-refractivity contribution in [3.05, 3.63) is 93.1 Å². The van der Waals surface area contributed by atoms with Gasteiger partial charge in [-0.15, -0.1) is 11.3 Å². The molecule has 4 nitrogen and oxygen atoms in total. The summed E-state index contributed by atoms with van der Waals surface area (Å²) in [7, 11) is 0. The molecular weight excluding hydrogens is 422 g/mol. The zero-order valence-corrected chi connectivity index (χ0v) is 18.7. The smallest absolute Gasteiger partial charge is 0.266 e. The SMILES string of the molecule is Cc1ccsc1/C=C1\SC(=Nc2ccccc2)N(CCc2c[nH]c3ccccc23)C1=O. The van der Waals surface area contributed by atoms with Crippen LogP contribution in [0.2, 0.25) is 0 Å². The molecule has 0 spiro atoms. The first-order valence-corrected chi connectivity index (χ1v) is 11.8. The first-order chi connectivity index (χ1) is 15.2. The third-order valence-corrected chi connectivity index (χ3v) is 7.29. The van der Waals surface area contributed by atoms with Crippen LogP contribution in [0.3, 0.4) is 0 Å². The number of carbonyl (C=O) groups is 1. The number of nitrogens with one attached hydrogen (secondary N) is 1. The summed E-state index contributed by atoms with van der Waals surface area (Å²) in [5.74, 6) is 0.0207. The summed E-state index contributed by atoms with van der Waals surface area (Å²) in [4.78, 5) is 25.1. The quantitative estimate of drug-likeness (QED) is 0.364. The zero-order valence-electron chi connectivity index (χ0n) is 17.0. The highest BCUT2D eigenvalue weighted by Crippen LogP contribution is 2.35. The van der Waals surface area contributed by atoms with Crippen molar-refractivity contribution >= 4 is 56.8 Å². The van der Waals surface area contributed by atoms with Gasteiger partial charge in [-0.1, -0.05) is 36.4 Å². The van der Waals surface area contributed by atoms with Crippen LogP contribution in [0.25, 0.3) is 17.0 Å². The summed E-state index contributed by atoms with van der Waals surface area (Å²) in [6.07, 6.45) is 4.80. The van der Waals surface area contributed by atoms with E-state index in [1.807, 2.05) is 59.6 Å². The Labute approximate surface area is 189 Å². The second-order valence-electron chi connectivity index (χ2n) is 7.37. The lowest BCUT2D eigenvalue weighted by atomic mass is 10.1. The van der Waals surface area contributed by atoms with Crippen molar-refractivity contribution in [3.63, 3.8) is 0 Å². The Hall–Kier alpha value is -3.09. The summed E-state index contributed by atoms with van der Waals surface area (Å²) >= 11 is 3.11. The summed E-state index contributed by atoms with van der Waals surface area (Å²) in [5.41, 5.74) is 4.36. The second-order valence-corrected chi connectivity index (χ2v) is 9.33. The van der Waals surface area contributed by atoms with Gasteiger partial charge in [-0.3, -0.25) is 9.69 Å². The Morgan fingerprint density at radius 3 is 2.68 bits per heavy atom. The molecule has 1 aliphatic heterocycles. The molecule has 0 aliphatic carbocycles. The van der Waals surface area contributed by atoms with E-state index in [0.717, 1.165) is 32.6 Å². The van der Waals surface area contributed by atoms with Gasteiger partial charge in [0.15, 0.2) is 5.17 Å². The van der Waals surface area contributed by atoms with E-state index in [1.165, 1.54) is 28.3 Å². The molecular formula is C25H21N3OS2. The molecule has 6 heteroatoms. The summed E-state index contributed by atoms with van der Waals surface area (Å²) in [6.45, 7) is 2.65. The van der Waals surface area contributed by atoms with Crippen molar-refractivity contribution in [2.45, 2.75) is 13.3 Å². The van der Waals surface area contributed by atoms with Gasteiger partial charge in [0, 0.05) is 28.5 Å². The molecule has 0 saturated carbocycles. The van der Waals surface area contributed by atoms with Crippen LogP contribution < -0.4 is 0 Å². The van der Waals surface area contributed by atoms with E-state index < -0.39 is 0 Å². The van der Waals surface area contributed by atoms with Crippen LogP contribution in [0.4, 0.5) is 5.69 Å². The predicted molar refractivity (Wildman–Crippen MR) is 132 cm³/mol. The number of aromatic nitrogens is 1. The summed E-state index contributed by atoms with van der Waals surface area (Å²) in [5, 5.41) is 3.99. The molecule has 1 aliphatic rings. The van der Waals surface area contributed by atoms with E-state index in [4.69, 9.17) is 4.99 Å². The van der Waals surface area contributed by atoms with Crippen LogP contribution in [0.15, 0.2) is 82.1 Å². The number of fused-ring (bicyclic) bond motifs is 1. The van der Waals surface area contributed by atoms with Crippen LogP contribution in [0, 0.1) is 6.92 Å². The largest absolute Gasteiger partial charge is 0.361 e. The summed E-state index contributed by atoms with van der Waals surface area (Å²) < 4.78 is 0. The number of aliphatic imine (C=N–C) groups is 1. The average Bonchev–Trinajstić information content (AvgIpc) is 3.47. The normalized spacial score (nSPS) is 16.8. The fourth-order valence-electron chi connectivity index (χ4n) is 3.62. The molecule has 0 atom stereocenters. The van der Waals surface area contributed by atoms with Gasteiger partial charge in [0.2, 0.25) is 0 Å². The number of H-pyrrole nitrogens is 1. The number of thioether (sulfide) groups is 1. The molecule has 154 valence electrons. The molecule has 1 fully saturated rings. The van der Waals surface area contributed by atoms with Crippen LogP contribution in [0.5, 0.6) is 0 Å². The number of carbonyl (C=O) groups excluding carboxylic acids is 1.